The molecule has 0 saturated carbocycles. The predicted molar refractivity (Wildman–Crippen MR) is 114 cm³/mol. The molecule has 1 aliphatic heterocycles. The first-order valence-electron chi connectivity index (χ1n) is 9.88. The summed E-state index contributed by atoms with van der Waals surface area (Å²) in [5, 5.41) is 0. The first kappa shape index (κ1) is 19.6. The zero-order valence-corrected chi connectivity index (χ0v) is 16.7. The van der Waals surface area contributed by atoms with E-state index in [0.29, 0.717) is 17.6 Å². The molecule has 1 heterocycles. The predicted octanol–water partition coefficient (Wildman–Crippen LogP) is 4.97. The van der Waals surface area contributed by atoms with E-state index in [1.54, 1.807) is 0 Å². The average molecular weight is 398 g/mol. The van der Waals surface area contributed by atoms with E-state index in [1.165, 1.54) is 7.11 Å². The summed E-state index contributed by atoms with van der Waals surface area (Å²) in [5.74, 6) is -1.64. The normalized spacial score (nSPS) is 17.8. The molecule has 0 unspecified atom stereocenters. The number of methoxy groups -OCH3 is 1. The number of cyclic esters (lactones) is 1. The minimum Gasteiger partial charge on any atom is -0.466 e. The summed E-state index contributed by atoms with van der Waals surface area (Å²) in [5.41, 5.74) is 3.63. The zero-order valence-electron chi connectivity index (χ0n) is 16.7. The molecule has 1 fully saturated rings. The lowest BCUT2D eigenvalue weighted by molar-refractivity contribution is -0.146. The van der Waals surface area contributed by atoms with Crippen LogP contribution in [-0.4, -0.2) is 19.0 Å². The fourth-order valence-corrected chi connectivity index (χ4v) is 3.90. The van der Waals surface area contributed by atoms with E-state index in [9.17, 15) is 9.59 Å². The summed E-state index contributed by atoms with van der Waals surface area (Å²) >= 11 is 0. The van der Waals surface area contributed by atoms with Crippen LogP contribution in [0.25, 0.3) is 5.57 Å². The van der Waals surface area contributed by atoms with Crippen LogP contribution in [0, 0.1) is 5.92 Å². The summed E-state index contributed by atoms with van der Waals surface area (Å²) in [6.07, 6.45) is -0.00709. The van der Waals surface area contributed by atoms with Gasteiger partial charge in [-0.2, -0.15) is 0 Å². The highest BCUT2D eigenvalue weighted by Gasteiger charge is 2.42. The second-order valence-corrected chi connectivity index (χ2v) is 7.14. The number of benzene rings is 3. The number of hydrogen-bond acceptors (Lipinski definition) is 4. The maximum atomic E-state index is 13.0. The highest BCUT2D eigenvalue weighted by molar-refractivity contribution is 6.06. The summed E-state index contributed by atoms with van der Waals surface area (Å²) in [6.45, 7) is 0. The van der Waals surface area contributed by atoms with Crippen LogP contribution in [0.3, 0.4) is 0 Å². The highest BCUT2D eigenvalue weighted by atomic mass is 16.6. The van der Waals surface area contributed by atoms with Gasteiger partial charge in [-0.05, 0) is 16.7 Å². The molecule has 3 aromatic rings. The van der Waals surface area contributed by atoms with Gasteiger partial charge < -0.3 is 9.47 Å². The van der Waals surface area contributed by atoms with Gasteiger partial charge in [-0.1, -0.05) is 91.0 Å². The van der Waals surface area contributed by atoms with Crippen molar-refractivity contribution in [3.8, 4) is 0 Å². The van der Waals surface area contributed by atoms with Crippen LogP contribution in [-0.2, 0) is 19.1 Å². The lowest BCUT2D eigenvalue weighted by Crippen LogP contribution is -2.21. The molecule has 0 amide bonds. The molecular weight excluding hydrogens is 376 g/mol. The molecule has 150 valence electrons. The monoisotopic (exact) mass is 398 g/mol. The van der Waals surface area contributed by atoms with Crippen LogP contribution < -0.4 is 0 Å². The van der Waals surface area contributed by atoms with Crippen molar-refractivity contribution in [2.75, 3.05) is 7.11 Å². The van der Waals surface area contributed by atoms with Gasteiger partial charge in [-0.25, -0.2) is 4.79 Å². The van der Waals surface area contributed by atoms with Gasteiger partial charge in [0.1, 0.15) is 6.10 Å². The number of carbonyl (C=O) groups is 2. The van der Waals surface area contributed by atoms with Crippen molar-refractivity contribution >= 4 is 17.5 Å². The van der Waals surface area contributed by atoms with Crippen molar-refractivity contribution in [2.45, 2.75) is 12.5 Å². The molecule has 0 N–H and O–H groups in total. The number of esters is 2. The van der Waals surface area contributed by atoms with Gasteiger partial charge >= 0.3 is 11.9 Å². The van der Waals surface area contributed by atoms with E-state index in [2.05, 4.69) is 0 Å². The van der Waals surface area contributed by atoms with Gasteiger partial charge in [-0.15, -0.1) is 0 Å². The van der Waals surface area contributed by atoms with Gasteiger partial charge in [0.25, 0.3) is 0 Å². The number of hydrogen-bond donors (Lipinski definition) is 0. The average Bonchev–Trinajstić information content (AvgIpc) is 3.19. The number of ether oxygens (including phenoxy) is 2. The van der Waals surface area contributed by atoms with Gasteiger partial charge in [0.2, 0.25) is 0 Å². The maximum Gasteiger partial charge on any atom is 0.335 e. The van der Waals surface area contributed by atoms with Gasteiger partial charge in [0, 0.05) is 12.0 Å². The minimum atomic E-state index is -0.710. The van der Waals surface area contributed by atoms with Crippen LogP contribution in [0.1, 0.15) is 29.2 Å². The summed E-state index contributed by atoms with van der Waals surface area (Å²) in [7, 11) is 1.34. The molecule has 1 saturated heterocycles. The first-order chi connectivity index (χ1) is 14.7. The molecule has 0 aromatic heterocycles. The standard InChI is InChI=1S/C26H22O4/c1-29-26(28)24(21-17-22(30-25(21)27)18-11-5-2-6-12-18)23(19-13-7-3-8-14-19)20-15-9-4-10-16-20/h2-16,21-22H,17H2,1H3/t21-,22-/m0/s1. The van der Waals surface area contributed by atoms with Crippen molar-refractivity contribution in [1.29, 1.82) is 0 Å². The Balaban J connectivity index is 1.87. The van der Waals surface area contributed by atoms with Crippen LogP contribution in [0.4, 0.5) is 0 Å². The molecule has 0 aliphatic carbocycles. The molecule has 0 radical (unpaired) electrons. The second kappa shape index (κ2) is 8.78. The Morgan fingerprint density at radius 3 is 1.83 bits per heavy atom. The van der Waals surface area contributed by atoms with Crippen LogP contribution in [0.5, 0.6) is 0 Å². The smallest absolute Gasteiger partial charge is 0.335 e. The Morgan fingerprint density at radius 2 is 1.33 bits per heavy atom. The summed E-state index contributed by atoms with van der Waals surface area (Å²) < 4.78 is 10.8. The van der Waals surface area contributed by atoms with Crippen molar-refractivity contribution < 1.29 is 19.1 Å². The van der Waals surface area contributed by atoms with Gasteiger partial charge in [-0.3, -0.25) is 4.79 Å². The number of carbonyl (C=O) groups excluding carboxylic acids is 2. The maximum absolute atomic E-state index is 13.0. The molecule has 3 aromatic carbocycles. The largest absolute Gasteiger partial charge is 0.466 e. The SMILES string of the molecule is COC(=O)C(=C(c1ccccc1)c1ccccc1)[C@@H]1C[C@@H](c2ccccc2)OC1=O. The number of rotatable bonds is 5. The minimum absolute atomic E-state index is 0.332. The van der Waals surface area contributed by atoms with Gasteiger partial charge in [0.15, 0.2) is 0 Å². The Hall–Kier alpha value is -3.66. The topological polar surface area (TPSA) is 52.6 Å². The summed E-state index contributed by atoms with van der Waals surface area (Å²) in [4.78, 5) is 25.9. The third-order valence-electron chi connectivity index (χ3n) is 5.31. The Labute approximate surface area is 175 Å². The van der Waals surface area contributed by atoms with Gasteiger partial charge in [0.05, 0.1) is 18.6 Å². The fraction of sp³-hybridized carbons (Fsp3) is 0.154. The van der Waals surface area contributed by atoms with E-state index < -0.39 is 24.0 Å². The quantitative estimate of drug-likeness (QED) is 0.450. The molecule has 0 spiro atoms. The first-order valence-corrected chi connectivity index (χ1v) is 9.88. The van der Waals surface area contributed by atoms with E-state index in [0.717, 1.165) is 16.7 Å². The second-order valence-electron chi connectivity index (χ2n) is 7.14. The van der Waals surface area contributed by atoms with Crippen LogP contribution in [0.15, 0.2) is 96.6 Å². The van der Waals surface area contributed by atoms with Crippen LogP contribution in [0.2, 0.25) is 0 Å². The van der Waals surface area contributed by atoms with E-state index >= 15 is 0 Å². The van der Waals surface area contributed by atoms with E-state index in [4.69, 9.17) is 9.47 Å². The molecule has 4 nitrogen and oxygen atoms in total. The van der Waals surface area contributed by atoms with Crippen molar-refractivity contribution in [3.63, 3.8) is 0 Å². The highest BCUT2D eigenvalue weighted by Crippen LogP contribution is 2.41. The molecule has 4 rings (SSSR count). The molecular formula is C26H22O4. The van der Waals surface area contributed by atoms with Crippen molar-refractivity contribution in [2.24, 2.45) is 5.92 Å². The van der Waals surface area contributed by atoms with Crippen molar-refractivity contribution in [1.82, 2.24) is 0 Å². The molecule has 4 heteroatoms. The zero-order chi connectivity index (χ0) is 20.9. The summed E-state index contributed by atoms with van der Waals surface area (Å²) in [6, 6.07) is 28.8. The third kappa shape index (κ3) is 3.90. The Bertz CT molecular complexity index is 1010. The Morgan fingerprint density at radius 1 is 0.833 bits per heavy atom. The lowest BCUT2D eigenvalue weighted by Gasteiger charge is -2.18. The third-order valence-corrected chi connectivity index (χ3v) is 5.31. The molecule has 30 heavy (non-hydrogen) atoms. The lowest BCUT2D eigenvalue weighted by atomic mass is 9.84. The molecule has 0 bridgehead atoms. The van der Waals surface area contributed by atoms with E-state index in [1.807, 2.05) is 91.0 Å². The van der Waals surface area contributed by atoms with Crippen LogP contribution >= 0.6 is 0 Å². The fourth-order valence-electron chi connectivity index (χ4n) is 3.90. The molecule has 2 atom stereocenters. The Kier molecular flexibility index (Phi) is 5.75. The van der Waals surface area contributed by atoms with Crippen molar-refractivity contribution in [3.05, 3.63) is 113 Å². The molecule has 1 aliphatic rings. The van der Waals surface area contributed by atoms with E-state index in [-0.39, 0.29) is 0 Å².